The SMILES string of the molecule is [CH2-][NH2+][C@H](CC(=O)OC(C)(C)C)c1ccccc1. The summed E-state index contributed by atoms with van der Waals surface area (Å²) >= 11 is 0. The molecule has 17 heavy (non-hydrogen) atoms. The predicted molar refractivity (Wildman–Crippen MR) is 66.9 cm³/mol. The van der Waals surface area contributed by atoms with Crippen molar-refractivity contribution in [1.82, 2.24) is 0 Å². The molecular formula is C14H21NO2. The largest absolute Gasteiger partial charge is 0.472 e. The lowest BCUT2D eigenvalue weighted by molar-refractivity contribution is -0.640. The van der Waals surface area contributed by atoms with Gasteiger partial charge in [-0.05, 0) is 20.8 Å². The predicted octanol–water partition coefficient (Wildman–Crippen LogP) is 1.81. The number of benzene rings is 1. The monoisotopic (exact) mass is 235 g/mol. The summed E-state index contributed by atoms with van der Waals surface area (Å²) in [6.45, 7) is 5.61. The minimum atomic E-state index is -0.431. The first kappa shape index (κ1) is 13.7. The molecule has 1 rings (SSSR count). The number of hydrogen-bond acceptors (Lipinski definition) is 2. The van der Waals surface area contributed by atoms with E-state index in [1.807, 2.05) is 51.1 Å². The standard InChI is InChI=1S/C14H21NO2/c1-14(2,3)17-13(16)10-12(15-4)11-8-6-5-7-9-11/h5-9,12H,4,10,15H2,1-3H3/t12-/m1/s1. The third-order valence-electron chi connectivity index (χ3n) is 2.32. The first-order valence-electron chi connectivity index (χ1n) is 5.82. The third kappa shape index (κ3) is 5.00. The molecule has 3 nitrogen and oxygen atoms in total. The Hall–Kier alpha value is -1.35. The molecule has 2 N–H and O–H groups in total. The van der Waals surface area contributed by atoms with Gasteiger partial charge in [-0.3, -0.25) is 4.79 Å². The summed E-state index contributed by atoms with van der Waals surface area (Å²) < 4.78 is 5.30. The molecule has 0 aliphatic carbocycles. The van der Waals surface area contributed by atoms with Gasteiger partial charge in [0, 0.05) is 5.56 Å². The zero-order valence-electron chi connectivity index (χ0n) is 10.8. The van der Waals surface area contributed by atoms with E-state index in [4.69, 9.17) is 4.74 Å². The van der Waals surface area contributed by atoms with Crippen LogP contribution >= 0.6 is 0 Å². The summed E-state index contributed by atoms with van der Waals surface area (Å²) in [5.41, 5.74) is 0.660. The molecule has 0 heterocycles. The third-order valence-corrected chi connectivity index (χ3v) is 2.32. The molecule has 0 bridgehead atoms. The van der Waals surface area contributed by atoms with E-state index in [1.165, 1.54) is 0 Å². The average molecular weight is 235 g/mol. The van der Waals surface area contributed by atoms with Gasteiger partial charge in [-0.15, -0.1) is 0 Å². The van der Waals surface area contributed by atoms with E-state index in [9.17, 15) is 4.79 Å². The van der Waals surface area contributed by atoms with E-state index in [1.54, 1.807) is 5.32 Å². The van der Waals surface area contributed by atoms with Gasteiger partial charge >= 0.3 is 5.97 Å². The van der Waals surface area contributed by atoms with Crippen molar-refractivity contribution in [3.05, 3.63) is 42.9 Å². The van der Waals surface area contributed by atoms with E-state index in [0.717, 1.165) is 5.56 Å². The lowest BCUT2D eigenvalue weighted by Gasteiger charge is -2.22. The van der Waals surface area contributed by atoms with Crippen LogP contribution in [0.15, 0.2) is 30.3 Å². The Labute approximate surface area is 103 Å². The van der Waals surface area contributed by atoms with Gasteiger partial charge < -0.3 is 10.1 Å². The zero-order valence-corrected chi connectivity index (χ0v) is 10.8. The Morgan fingerprint density at radius 2 is 1.94 bits per heavy atom. The van der Waals surface area contributed by atoms with Crippen molar-refractivity contribution < 1.29 is 14.8 Å². The number of carbonyl (C=O) groups is 1. The van der Waals surface area contributed by atoms with E-state index in [0.29, 0.717) is 6.42 Å². The summed E-state index contributed by atoms with van der Waals surface area (Å²) in [6.07, 6.45) is 0.338. The number of quaternary nitrogens is 1. The van der Waals surface area contributed by atoms with Crippen LogP contribution in [0.3, 0.4) is 0 Å². The number of rotatable bonds is 4. The fourth-order valence-electron chi connectivity index (χ4n) is 1.60. The van der Waals surface area contributed by atoms with Crippen molar-refractivity contribution in [2.24, 2.45) is 0 Å². The fourth-order valence-corrected chi connectivity index (χ4v) is 1.60. The first-order valence-corrected chi connectivity index (χ1v) is 5.82. The molecule has 0 saturated carbocycles. The quantitative estimate of drug-likeness (QED) is 0.639. The lowest BCUT2D eigenvalue weighted by atomic mass is 10.0. The second-order valence-electron chi connectivity index (χ2n) is 5.04. The van der Waals surface area contributed by atoms with Crippen LogP contribution in [0.1, 0.15) is 38.8 Å². The molecule has 0 fully saturated rings. The van der Waals surface area contributed by atoms with E-state index < -0.39 is 5.60 Å². The number of carbonyl (C=O) groups excluding carboxylic acids is 1. The van der Waals surface area contributed by atoms with Gasteiger partial charge in [0.25, 0.3) is 0 Å². The maximum absolute atomic E-state index is 11.7. The zero-order chi connectivity index (χ0) is 12.9. The van der Waals surface area contributed by atoms with Crippen molar-refractivity contribution in [3.63, 3.8) is 0 Å². The van der Waals surface area contributed by atoms with Crippen LogP contribution in [0.2, 0.25) is 0 Å². The number of nitrogens with two attached hydrogens (primary N) is 1. The molecule has 94 valence electrons. The fraction of sp³-hybridized carbons (Fsp3) is 0.429. The second-order valence-corrected chi connectivity index (χ2v) is 5.04. The molecule has 0 saturated heterocycles. The Morgan fingerprint density at radius 3 is 2.41 bits per heavy atom. The van der Waals surface area contributed by atoms with Crippen molar-refractivity contribution in [2.45, 2.75) is 38.8 Å². The summed E-state index contributed by atoms with van der Waals surface area (Å²) in [6, 6.07) is 9.89. The van der Waals surface area contributed by atoms with Crippen LogP contribution in [0.5, 0.6) is 0 Å². The highest BCUT2D eigenvalue weighted by Crippen LogP contribution is 2.15. The van der Waals surface area contributed by atoms with Crippen LogP contribution in [0, 0.1) is 7.05 Å². The van der Waals surface area contributed by atoms with Crippen LogP contribution in [0.4, 0.5) is 0 Å². The number of ether oxygens (including phenoxy) is 1. The Kier molecular flexibility index (Phi) is 4.70. The molecule has 3 heteroatoms. The van der Waals surface area contributed by atoms with E-state index >= 15 is 0 Å². The van der Waals surface area contributed by atoms with Gasteiger partial charge in [0.15, 0.2) is 0 Å². The molecule has 1 atom stereocenters. The normalized spacial score (nSPS) is 13.2. The summed E-state index contributed by atoms with van der Waals surface area (Å²) in [5, 5.41) is 1.79. The Balaban J connectivity index is 2.62. The minimum Gasteiger partial charge on any atom is -0.472 e. The van der Waals surface area contributed by atoms with Gasteiger partial charge in [0.1, 0.15) is 5.60 Å². The molecule has 0 unspecified atom stereocenters. The Morgan fingerprint density at radius 1 is 1.35 bits per heavy atom. The second kappa shape index (κ2) is 5.82. The van der Waals surface area contributed by atoms with Gasteiger partial charge in [-0.25, -0.2) is 0 Å². The van der Waals surface area contributed by atoms with Crippen molar-refractivity contribution in [2.75, 3.05) is 0 Å². The van der Waals surface area contributed by atoms with Gasteiger partial charge in [0.2, 0.25) is 0 Å². The van der Waals surface area contributed by atoms with Crippen molar-refractivity contribution in [3.8, 4) is 0 Å². The van der Waals surface area contributed by atoms with Crippen molar-refractivity contribution >= 4 is 5.97 Å². The molecule has 0 spiro atoms. The minimum absolute atomic E-state index is 0.0195. The van der Waals surface area contributed by atoms with Crippen molar-refractivity contribution in [1.29, 1.82) is 0 Å². The van der Waals surface area contributed by atoms with Crippen LogP contribution in [-0.4, -0.2) is 11.6 Å². The van der Waals surface area contributed by atoms with Gasteiger partial charge in [-0.2, -0.15) is 7.05 Å². The van der Waals surface area contributed by atoms with Crippen LogP contribution < -0.4 is 5.32 Å². The molecule has 0 aromatic heterocycles. The van der Waals surface area contributed by atoms with Crippen LogP contribution in [0.25, 0.3) is 0 Å². The molecule has 0 amide bonds. The highest BCUT2D eigenvalue weighted by atomic mass is 16.6. The molecule has 1 aromatic carbocycles. The maximum Gasteiger partial charge on any atom is 0.312 e. The molecule has 0 aliphatic rings. The lowest BCUT2D eigenvalue weighted by Crippen LogP contribution is -2.78. The summed E-state index contributed by atoms with van der Waals surface area (Å²) in [5.74, 6) is -0.189. The van der Waals surface area contributed by atoms with Gasteiger partial charge in [0.05, 0.1) is 12.5 Å². The highest BCUT2D eigenvalue weighted by Gasteiger charge is 2.21. The first-order chi connectivity index (χ1) is 7.92. The molecule has 1 aromatic rings. The van der Waals surface area contributed by atoms with Crippen LogP contribution in [-0.2, 0) is 9.53 Å². The summed E-state index contributed by atoms with van der Waals surface area (Å²) in [7, 11) is 3.78. The number of hydrogen-bond donors (Lipinski definition) is 1. The Bertz CT molecular complexity index is 354. The topological polar surface area (TPSA) is 42.9 Å². The summed E-state index contributed by atoms with van der Waals surface area (Å²) in [4.78, 5) is 11.7. The van der Waals surface area contributed by atoms with Gasteiger partial charge in [-0.1, -0.05) is 30.3 Å². The molecule has 0 aliphatic heterocycles. The molecular weight excluding hydrogens is 214 g/mol. The highest BCUT2D eigenvalue weighted by molar-refractivity contribution is 5.70. The maximum atomic E-state index is 11.7. The number of esters is 1. The average Bonchev–Trinajstić information content (AvgIpc) is 2.24. The van der Waals surface area contributed by atoms with E-state index in [-0.39, 0.29) is 12.0 Å². The molecule has 0 radical (unpaired) electrons. The van der Waals surface area contributed by atoms with E-state index in [2.05, 4.69) is 7.05 Å². The smallest absolute Gasteiger partial charge is 0.312 e.